The number of hydrogen-bond donors (Lipinski definition) is 0. The van der Waals surface area contributed by atoms with Gasteiger partial charge in [0, 0.05) is 5.92 Å². The molecular weight excluding hydrogens is 484 g/mol. The first kappa shape index (κ1) is 23.0. The molecule has 0 spiro atoms. The van der Waals surface area contributed by atoms with Gasteiger partial charge in [0.1, 0.15) is 11.9 Å². The van der Waals surface area contributed by atoms with Crippen LogP contribution in [0.25, 0.3) is 10.9 Å². The van der Waals surface area contributed by atoms with E-state index in [1.54, 1.807) is 18.3 Å². The van der Waals surface area contributed by atoms with Crippen molar-refractivity contribution in [1.82, 2.24) is 9.66 Å². The summed E-state index contributed by atoms with van der Waals surface area (Å²) in [6.45, 7) is 2.23. The van der Waals surface area contributed by atoms with Crippen molar-refractivity contribution in [1.29, 1.82) is 5.26 Å². The Labute approximate surface area is 200 Å². The number of nitrogens with zero attached hydrogens (tertiary/aromatic N) is 4. The van der Waals surface area contributed by atoms with E-state index in [4.69, 9.17) is 19.7 Å². The quantitative estimate of drug-likeness (QED) is 0.399. The van der Waals surface area contributed by atoms with Crippen LogP contribution in [-0.2, 0) is 0 Å². The molecule has 0 saturated heterocycles. The van der Waals surface area contributed by atoms with Crippen molar-refractivity contribution in [2.75, 3.05) is 13.2 Å². The number of hydrogen-bond acceptors (Lipinski definition) is 6. The number of nitriles is 1. The molecule has 1 heterocycles. The zero-order valence-corrected chi connectivity index (χ0v) is 20.0. The van der Waals surface area contributed by atoms with E-state index in [1.807, 2.05) is 37.3 Å². The molecule has 1 saturated carbocycles. The van der Waals surface area contributed by atoms with Gasteiger partial charge in [0.25, 0.3) is 5.56 Å². The Balaban J connectivity index is 1.78. The summed E-state index contributed by atoms with van der Waals surface area (Å²) in [4.78, 5) is 18.2. The topological polar surface area (TPSA) is 89.5 Å². The fourth-order valence-corrected chi connectivity index (χ4v) is 4.75. The molecule has 1 aromatic heterocycles. The number of halogens is 1. The van der Waals surface area contributed by atoms with Crippen LogP contribution in [-0.4, -0.2) is 29.1 Å². The summed E-state index contributed by atoms with van der Waals surface area (Å²) < 4.78 is 13.3. The van der Waals surface area contributed by atoms with Crippen molar-refractivity contribution in [3.05, 3.63) is 62.6 Å². The Morgan fingerprint density at radius 2 is 2.03 bits per heavy atom. The van der Waals surface area contributed by atoms with Crippen LogP contribution in [0, 0.1) is 11.3 Å². The summed E-state index contributed by atoms with van der Waals surface area (Å²) in [6, 6.07) is 13.0. The molecular formula is C25H25BrN4O3. The van der Waals surface area contributed by atoms with Gasteiger partial charge in [0.05, 0.1) is 28.2 Å². The van der Waals surface area contributed by atoms with Crippen LogP contribution in [0.2, 0.25) is 0 Å². The second kappa shape index (κ2) is 10.6. The normalized spacial score (nSPS) is 14.5. The van der Waals surface area contributed by atoms with E-state index in [0.29, 0.717) is 39.3 Å². The average Bonchev–Trinajstić information content (AvgIpc) is 2.83. The van der Waals surface area contributed by atoms with E-state index in [2.05, 4.69) is 21.0 Å². The predicted octanol–water partition coefficient (Wildman–Crippen LogP) is 5.39. The van der Waals surface area contributed by atoms with Crippen molar-refractivity contribution in [2.24, 2.45) is 5.10 Å². The van der Waals surface area contributed by atoms with Crippen molar-refractivity contribution in [2.45, 2.75) is 44.9 Å². The number of ether oxygens (including phenoxy) is 2. The van der Waals surface area contributed by atoms with E-state index in [9.17, 15) is 4.79 Å². The van der Waals surface area contributed by atoms with Gasteiger partial charge in [-0.2, -0.15) is 15.0 Å². The van der Waals surface area contributed by atoms with Gasteiger partial charge in [-0.15, -0.1) is 0 Å². The summed E-state index contributed by atoms with van der Waals surface area (Å²) in [5.41, 5.74) is 1.26. The van der Waals surface area contributed by atoms with Gasteiger partial charge in [-0.25, -0.2) is 4.98 Å². The molecule has 0 unspecified atom stereocenters. The molecule has 0 bridgehead atoms. The van der Waals surface area contributed by atoms with Gasteiger partial charge in [0.2, 0.25) is 0 Å². The number of benzene rings is 2. The fraction of sp³-hybridized carbons (Fsp3) is 0.360. The van der Waals surface area contributed by atoms with Crippen LogP contribution in [0.15, 0.2) is 50.8 Å². The van der Waals surface area contributed by atoms with Gasteiger partial charge < -0.3 is 9.47 Å². The van der Waals surface area contributed by atoms with Crippen LogP contribution in [0.4, 0.5) is 0 Å². The van der Waals surface area contributed by atoms with Crippen molar-refractivity contribution in [3.8, 4) is 17.6 Å². The maximum Gasteiger partial charge on any atom is 0.282 e. The van der Waals surface area contributed by atoms with Crippen LogP contribution in [0.5, 0.6) is 11.5 Å². The summed E-state index contributed by atoms with van der Waals surface area (Å²) in [5.74, 6) is 1.89. The van der Waals surface area contributed by atoms with Crippen LogP contribution in [0.1, 0.15) is 56.3 Å². The molecule has 2 aromatic carbocycles. The largest absolute Gasteiger partial charge is 0.490 e. The molecule has 1 fully saturated rings. The minimum atomic E-state index is -0.171. The third-order valence-electron chi connectivity index (χ3n) is 5.68. The van der Waals surface area contributed by atoms with Crippen LogP contribution >= 0.6 is 15.9 Å². The summed E-state index contributed by atoms with van der Waals surface area (Å²) in [6.07, 6.45) is 7.12. The highest BCUT2D eigenvalue weighted by Gasteiger charge is 2.22. The van der Waals surface area contributed by atoms with Crippen molar-refractivity contribution in [3.63, 3.8) is 0 Å². The molecule has 33 heavy (non-hydrogen) atoms. The fourth-order valence-electron chi connectivity index (χ4n) is 4.17. The molecule has 7 nitrogen and oxygen atoms in total. The molecule has 4 rings (SSSR count). The van der Waals surface area contributed by atoms with E-state index in [1.165, 1.54) is 11.1 Å². The van der Waals surface area contributed by atoms with Crippen LogP contribution < -0.4 is 15.0 Å². The molecule has 1 aliphatic carbocycles. The number of fused-ring (bicyclic) bond motifs is 1. The standard InChI is InChI=1S/C25H25BrN4O3/c1-2-32-22-15-17(14-20(26)23(22)33-13-12-27)16-28-30-24(18-8-4-3-5-9-18)29-21-11-7-6-10-19(21)25(30)31/h6-7,10-11,14-16,18H,2-5,8-9,13H2,1H3. The highest BCUT2D eigenvalue weighted by molar-refractivity contribution is 9.10. The van der Waals surface area contributed by atoms with E-state index in [0.717, 1.165) is 31.2 Å². The average molecular weight is 509 g/mol. The van der Waals surface area contributed by atoms with Crippen molar-refractivity contribution < 1.29 is 9.47 Å². The monoisotopic (exact) mass is 508 g/mol. The molecule has 0 atom stereocenters. The highest BCUT2D eigenvalue weighted by atomic mass is 79.9. The lowest BCUT2D eigenvalue weighted by Gasteiger charge is -2.22. The third-order valence-corrected chi connectivity index (χ3v) is 6.27. The first-order chi connectivity index (χ1) is 16.1. The first-order valence-corrected chi connectivity index (χ1v) is 11.9. The Hall–Kier alpha value is -3.18. The smallest absolute Gasteiger partial charge is 0.282 e. The second-order valence-electron chi connectivity index (χ2n) is 7.89. The molecule has 8 heteroatoms. The predicted molar refractivity (Wildman–Crippen MR) is 131 cm³/mol. The highest BCUT2D eigenvalue weighted by Crippen LogP contribution is 2.37. The molecule has 0 aliphatic heterocycles. The lowest BCUT2D eigenvalue weighted by Crippen LogP contribution is -2.25. The van der Waals surface area contributed by atoms with Gasteiger partial charge in [-0.3, -0.25) is 4.79 Å². The minimum Gasteiger partial charge on any atom is -0.490 e. The summed E-state index contributed by atoms with van der Waals surface area (Å²) >= 11 is 3.49. The van der Waals surface area contributed by atoms with E-state index in [-0.39, 0.29) is 18.1 Å². The van der Waals surface area contributed by atoms with Crippen LogP contribution in [0.3, 0.4) is 0 Å². The van der Waals surface area contributed by atoms with Gasteiger partial charge >= 0.3 is 0 Å². The molecule has 3 aromatic rings. The molecule has 170 valence electrons. The lowest BCUT2D eigenvalue weighted by atomic mass is 9.88. The maximum absolute atomic E-state index is 13.3. The van der Waals surface area contributed by atoms with Gasteiger partial charge in [0.15, 0.2) is 18.1 Å². The Kier molecular flexibility index (Phi) is 7.40. The molecule has 0 radical (unpaired) electrons. The number of aromatic nitrogens is 2. The molecule has 0 N–H and O–H groups in total. The lowest BCUT2D eigenvalue weighted by molar-refractivity contribution is 0.297. The van der Waals surface area contributed by atoms with Gasteiger partial charge in [-0.1, -0.05) is 31.4 Å². The van der Waals surface area contributed by atoms with Crippen molar-refractivity contribution >= 4 is 33.0 Å². The third kappa shape index (κ3) is 5.09. The molecule has 0 amide bonds. The zero-order chi connectivity index (χ0) is 23.2. The maximum atomic E-state index is 13.3. The zero-order valence-electron chi connectivity index (χ0n) is 18.5. The summed E-state index contributed by atoms with van der Waals surface area (Å²) in [7, 11) is 0. The van der Waals surface area contributed by atoms with Gasteiger partial charge in [-0.05, 0) is 65.5 Å². The number of rotatable bonds is 7. The molecule has 1 aliphatic rings. The Bertz CT molecular complexity index is 1270. The summed E-state index contributed by atoms with van der Waals surface area (Å²) in [5, 5.41) is 14.0. The Morgan fingerprint density at radius 3 is 2.79 bits per heavy atom. The number of para-hydroxylation sites is 1. The first-order valence-electron chi connectivity index (χ1n) is 11.1. The Morgan fingerprint density at radius 1 is 1.24 bits per heavy atom. The second-order valence-corrected chi connectivity index (χ2v) is 8.75. The van der Waals surface area contributed by atoms with E-state index < -0.39 is 0 Å². The minimum absolute atomic E-state index is 0.0883. The SMILES string of the molecule is CCOc1cc(C=Nn2c(C3CCCCC3)nc3ccccc3c2=O)cc(Br)c1OCC#N. The van der Waals surface area contributed by atoms with E-state index >= 15 is 0 Å².